The second-order valence-electron chi connectivity index (χ2n) is 4.20. The van der Waals surface area contributed by atoms with E-state index in [1.165, 1.54) is 7.11 Å². The van der Waals surface area contributed by atoms with E-state index in [-0.39, 0.29) is 5.91 Å². The number of esters is 1. The topological polar surface area (TPSA) is 71.2 Å². The SMILES string of the molecule is COC(=O)c1[nH]c2cccc3c2c1CCNC3=O. The molecular weight excluding hydrogens is 232 g/mol. The van der Waals surface area contributed by atoms with E-state index in [1.54, 1.807) is 12.1 Å². The predicted molar refractivity (Wildman–Crippen MR) is 65.7 cm³/mol. The average molecular weight is 244 g/mol. The lowest BCUT2D eigenvalue weighted by atomic mass is 10.0. The van der Waals surface area contributed by atoms with Crippen LogP contribution in [0.3, 0.4) is 0 Å². The van der Waals surface area contributed by atoms with E-state index < -0.39 is 5.97 Å². The zero-order chi connectivity index (χ0) is 12.7. The number of hydrogen-bond donors (Lipinski definition) is 2. The Morgan fingerprint density at radius 3 is 3.00 bits per heavy atom. The van der Waals surface area contributed by atoms with Gasteiger partial charge in [-0.25, -0.2) is 4.79 Å². The summed E-state index contributed by atoms with van der Waals surface area (Å²) >= 11 is 0. The number of amides is 1. The zero-order valence-corrected chi connectivity index (χ0v) is 9.87. The van der Waals surface area contributed by atoms with Crippen molar-refractivity contribution in [1.82, 2.24) is 10.3 Å². The number of carbonyl (C=O) groups is 2. The molecule has 5 heteroatoms. The van der Waals surface area contributed by atoms with E-state index in [4.69, 9.17) is 4.74 Å². The molecule has 0 saturated carbocycles. The summed E-state index contributed by atoms with van der Waals surface area (Å²) in [6, 6.07) is 5.42. The van der Waals surface area contributed by atoms with Gasteiger partial charge in [-0.1, -0.05) is 6.07 Å². The molecule has 0 atom stereocenters. The molecule has 1 aliphatic heterocycles. The molecule has 1 aromatic carbocycles. The molecule has 0 spiro atoms. The summed E-state index contributed by atoms with van der Waals surface area (Å²) in [7, 11) is 1.35. The summed E-state index contributed by atoms with van der Waals surface area (Å²) in [6.07, 6.45) is 0.618. The number of aromatic amines is 1. The van der Waals surface area contributed by atoms with E-state index >= 15 is 0 Å². The molecule has 5 nitrogen and oxygen atoms in total. The largest absolute Gasteiger partial charge is 0.464 e. The smallest absolute Gasteiger partial charge is 0.354 e. The minimum Gasteiger partial charge on any atom is -0.464 e. The normalized spacial score (nSPS) is 14.2. The zero-order valence-electron chi connectivity index (χ0n) is 9.87. The van der Waals surface area contributed by atoms with E-state index in [9.17, 15) is 9.59 Å². The maximum atomic E-state index is 11.9. The molecule has 2 aromatic rings. The molecule has 2 heterocycles. The fourth-order valence-electron chi connectivity index (χ4n) is 2.43. The first-order valence-corrected chi connectivity index (χ1v) is 5.72. The highest BCUT2D eigenvalue weighted by molar-refractivity contribution is 6.11. The van der Waals surface area contributed by atoms with Crippen molar-refractivity contribution in [1.29, 1.82) is 0 Å². The third-order valence-corrected chi connectivity index (χ3v) is 3.22. The summed E-state index contributed by atoms with van der Waals surface area (Å²) in [6.45, 7) is 0.518. The fourth-order valence-corrected chi connectivity index (χ4v) is 2.43. The van der Waals surface area contributed by atoms with Crippen LogP contribution in [0.4, 0.5) is 0 Å². The van der Waals surface area contributed by atoms with Crippen LogP contribution < -0.4 is 5.32 Å². The molecule has 0 aliphatic carbocycles. The second kappa shape index (κ2) is 3.87. The number of methoxy groups -OCH3 is 1. The molecular formula is C13H12N2O3. The molecule has 0 fully saturated rings. The van der Waals surface area contributed by atoms with Crippen LogP contribution >= 0.6 is 0 Å². The molecule has 0 bridgehead atoms. The van der Waals surface area contributed by atoms with Crippen molar-refractivity contribution in [2.75, 3.05) is 13.7 Å². The average Bonchev–Trinajstić information content (AvgIpc) is 2.67. The van der Waals surface area contributed by atoms with Gasteiger partial charge in [0, 0.05) is 23.0 Å². The molecule has 3 rings (SSSR count). The molecule has 1 amide bonds. The second-order valence-corrected chi connectivity index (χ2v) is 4.20. The van der Waals surface area contributed by atoms with Gasteiger partial charge in [-0.3, -0.25) is 4.79 Å². The van der Waals surface area contributed by atoms with Crippen molar-refractivity contribution in [3.05, 3.63) is 35.0 Å². The Morgan fingerprint density at radius 1 is 1.39 bits per heavy atom. The molecule has 1 aliphatic rings. The van der Waals surface area contributed by atoms with Crippen molar-refractivity contribution < 1.29 is 14.3 Å². The van der Waals surface area contributed by atoms with E-state index in [0.29, 0.717) is 24.2 Å². The Hall–Kier alpha value is -2.30. The molecule has 0 saturated heterocycles. The minimum atomic E-state index is -0.401. The first kappa shape index (κ1) is 10.8. The van der Waals surface area contributed by atoms with E-state index in [1.807, 2.05) is 6.07 Å². The van der Waals surface area contributed by atoms with Gasteiger partial charge >= 0.3 is 5.97 Å². The maximum absolute atomic E-state index is 11.9. The van der Waals surface area contributed by atoms with Crippen molar-refractivity contribution in [3.63, 3.8) is 0 Å². The number of carbonyl (C=O) groups excluding carboxylic acids is 2. The Balaban J connectivity index is 2.36. The standard InChI is InChI=1S/C13H12N2O3/c1-18-13(17)11-7-5-6-14-12(16)8-3-2-4-9(15-11)10(7)8/h2-4,15H,5-6H2,1H3,(H,14,16). The summed E-state index contributed by atoms with van der Waals surface area (Å²) < 4.78 is 4.76. The van der Waals surface area contributed by atoms with Crippen LogP contribution in [0.5, 0.6) is 0 Å². The quantitative estimate of drug-likeness (QED) is 0.741. The summed E-state index contributed by atoms with van der Waals surface area (Å²) in [4.78, 5) is 26.7. The van der Waals surface area contributed by atoms with Crippen LogP contribution in [0, 0.1) is 0 Å². The third-order valence-electron chi connectivity index (χ3n) is 3.22. The van der Waals surface area contributed by atoms with E-state index in [2.05, 4.69) is 10.3 Å². The lowest BCUT2D eigenvalue weighted by molar-refractivity contribution is 0.0594. The van der Waals surface area contributed by atoms with Gasteiger partial charge < -0.3 is 15.0 Å². The highest BCUT2D eigenvalue weighted by atomic mass is 16.5. The summed E-state index contributed by atoms with van der Waals surface area (Å²) in [5.74, 6) is -0.503. The van der Waals surface area contributed by atoms with Gasteiger partial charge in [0.25, 0.3) is 5.91 Å². The summed E-state index contributed by atoms with van der Waals surface area (Å²) in [5.41, 5.74) is 2.69. The third kappa shape index (κ3) is 1.40. The van der Waals surface area contributed by atoms with E-state index in [0.717, 1.165) is 16.5 Å². The lowest BCUT2D eigenvalue weighted by Gasteiger charge is -2.01. The van der Waals surface area contributed by atoms with Gasteiger partial charge in [0.2, 0.25) is 0 Å². The van der Waals surface area contributed by atoms with Crippen LogP contribution in [-0.4, -0.2) is 30.5 Å². The Labute approximate surface area is 103 Å². The number of aromatic nitrogens is 1. The highest BCUT2D eigenvalue weighted by Gasteiger charge is 2.24. The number of H-pyrrole nitrogens is 1. The minimum absolute atomic E-state index is 0.102. The summed E-state index contributed by atoms with van der Waals surface area (Å²) in [5, 5.41) is 3.64. The Morgan fingerprint density at radius 2 is 2.22 bits per heavy atom. The predicted octanol–water partition coefficient (Wildman–Crippen LogP) is 1.24. The number of nitrogens with one attached hydrogen (secondary N) is 2. The number of rotatable bonds is 1. The number of ether oxygens (including phenoxy) is 1. The lowest BCUT2D eigenvalue weighted by Crippen LogP contribution is -2.23. The van der Waals surface area contributed by atoms with Crippen LogP contribution in [0.1, 0.15) is 26.4 Å². The monoisotopic (exact) mass is 244 g/mol. The number of benzene rings is 1. The first-order chi connectivity index (χ1) is 8.72. The van der Waals surface area contributed by atoms with Gasteiger partial charge in [-0.05, 0) is 24.1 Å². The Bertz CT molecular complexity index is 658. The molecule has 2 N–H and O–H groups in total. The highest BCUT2D eigenvalue weighted by Crippen LogP contribution is 2.28. The first-order valence-electron chi connectivity index (χ1n) is 5.72. The number of hydrogen-bond acceptors (Lipinski definition) is 3. The molecule has 0 radical (unpaired) electrons. The molecule has 0 unspecified atom stereocenters. The fraction of sp³-hybridized carbons (Fsp3) is 0.231. The van der Waals surface area contributed by atoms with Gasteiger partial charge in [-0.2, -0.15) is 0 Å². The molecule has 1 aromatic heterocycles. The van der Waals surface area contributed by atoms with Crippen LogP contribution in [0.2, 0.25) is 0 Å². The van der Waals surface area contributed by atoms with Gasteiger partial charge in [0.05, 0.1) is 7.11 Å². The van der Waals surface area contributed by atoms with Crippen LogP contribution in [-0.2, 0) is 11.2 Å². The van der Waals surface area contributed by atoms with Crippen LogP contribution in [0.25, 0.3) is 10.9 Å². The molecule has 18 heavy (non-hydrogen) atoms. The van der Waals surface area contributed by atoms with Crippen molar-refractivity contribution in [2.45, 2.75) is 6.42 Å². The van der Waals surface area contributed by atoms with Crippen LogP contribution in [0.15, 0.2) is 18.2 Å². The van der Waals surface area contributed by atoms with Crippen molar-refractivity contribution in [2.24, 2.45) is 0 Å². The van der Waals surface area contributed by atoms with Crippen molar-refractivity contribution >= 4 is 22.8 Å². The van der Waals surface area contributed by atoms with Gasteiger partial charge in [0.1, 0.15) is 5.69 Å². The maximum Gasteiger partial charge on any atom is 0.354 e. The van der Waals surface area contributed by atoms with Crippen molar-refractivity contribution in [3.8, 4) is 0 Å². The molecule has 92 valence electrons. The van der Waals surface area contributed by atoms with Gasteiger partial charge in [0.15, 0.2) is 0 Å². The van der Waals surface area contributed by atoms with Gasteiger partial charge in [-0.15, -0.1) is 0 Å². The Kier molecular flexibility index (Phi) is 2.33.